The molecule has 2 aromatic carbocycles. The monoisotopic (exact) mass is 682 g/mol. The van der Waals surface area contributed by atoms with Crippen LogP contribution in [0.2, 0.25) is 0 Å². The standard InChI is InChI=1S/C36H38N6O6S/c1-39-17-26(25-15-37-49-32(25)35(39)46)22-12-29(47-2)27(30(13-22)48-3)18-40-10-8-36(9-11-40)19-41(20-36)23-5-4-21-16-42(34(45)24(21)14-23)28-6-7-31(43)38-33(28)44/h4-5,12-15,17,28H,6-11,16,18-20H2,1-3H3,(H,38,43,44). The van der Waals surface area contributed by atoms with Gasteiger partial charge in [-0.05, 0) is 79.3 Å². The number of amides is 3. The first kappa shape index (κ1) is 31.5. The van der Waals surface area contributed by atoms with Crippen LogP contribution >= 0.6 is 11.5 Å². The fraction of sp³-hybridized carbons (Fsp3) is 0.417. The van der Waals surface area contributed by atoms with E-state index in [-0.39, 0.29) is 35.1 Å². The number of carbonyl (C=O) groups is 3. The summed E-state index contributed by atoms with van der Waals surface area (Å²) < 4.78 is 18.3. The Morgan fingerprint density at radius 3 is 2.43 bits per heavy atom. The van der Waals surface area contributed by atoms with Crippen LogP contribution in [-0.4, -0.2) is 82.9 Å². The van der Waals surface area contributed by atoms with Gasteiger partial charge in [-0.3, -0.25) is 29.4 Å². The summed E-state index contributed by atoms with van der Waals surface area (Å²) in [6.45, 7) is 4.88. The van der Waals surface area contributed by atoms with E-state index in [4.69, 9.17) is 9.47 Å². The molecule has 1 unspecified atom stereocenters. The number of nitrogens with zero attached hydrogens (tertiary/aromatic N) is 5. The number of rotatable bonds is 7. The summed E-state index contributed by atoms with van der Waals surface area (Å²) in [5.74, 6) is 0.686. The third-order valence-corrected chi connectivity index (χ3v) is 11.6. The van der Waals surface area contributed by atoms with Crippen molar-refractivity contribution >= 4 is 45.0 Å². The highest BCUT2D eigenvalue weighted by Crippen LogP contribution is 2.45. The third kappa shape index (κ3) is 5.35. The van der Waals surface area contributed by atoms with Crippen molar-refractivity contribution in [2.45, 2.75) is 44.8 Å². The van der Waals surface area contributed by atoms with Crippen molar-refractivity contribution in [1.29, 1.82) is 0 Å². The molecule has 6 heterocycles. The Hall–Kier alpha value is -4.75. The predicted octanol–water partition coefficient (Wildman–Crippen LogP) is 3.54. The number of methoxy groups -OCH3 is 2. The van der Waals surface area contributed by atoms with Gasteiger partial charge in [0.05, 0.1) is 19.8 Å². The van der Waals surface area contributed by atoms with E-state index in [0.29, 0.717) is 29.8 Å². The first-order chi connectivity index (χ1) is 23.7. The van der Waals surface area contributed by atoms with Gasteiger partial charge in [0, 0.05) is 79.7 Å². The van der Waals surface area contributed by atoms with Crippen LogP contribution in [0.3, 0.4) is 0 Å². The van der Waals surface area contributed by atoms with E-state index in [1.807, 2.05) is 30.5 Å². The normalized spacial score (nSPS) is 20.5. The van der Waals surface area contributed by atoms with Gasteiger partial charge in [-0.25, -0.2) is 0 Å². The lowest BCUT2D eigenvalue weighted by molar-refractivity contribution is -0.136. The highest BCUT2D eigenvalue weighted by molar-refractivity contribution is 7.13. The summed E-state index contributed by atoms with van der Waals surface area (Å²) in [7, 11) is 5.11. The van der Waals surface area contributed by atoms with Gasteiger partial charge in [0.1, 0.15) is 22.2 Å². The highest BCUT2D eigenvalue weighted by Gasteiger charge is 2.46. The Morgan fingerprint density at radius 2 is 1.73 bits per heavy atom. The number of benzene rings is 2. The van der Waals surface area contributed by atoms with E-state index in [1.165, 1.54) is 11.5 Å². The number of piperidine rings is 2. The van der Waals surface area contributed by atoms with E-state index in [9.17, 15) is 19.2 Å². The molecule has 0 bridgehead atoms. The molecule has 49 heavy (non-hydrogen) atoms. The molecule has 3 saturated heterocycles. The van der Waals surface area contributed by atoms with Crippen molar-refractivity contribution in [3.05, 3.63) is 69.8 Å². The minimum Gasteiger partial charge on any atom is -0.496 e. The average Bonchev–Trinajstić information content (AvgIpc) is 3.71. The fourth-order valence-electron chi connectivity index (χ4n) is 8.00. The number of carbonyl (C=O) groups excluding carboxylic acids is 3. The number of hydrogen-bond acceptors (Lipinski definition) is 10. The van der Waals surface area contributed by atoms with Crippen LogP contribution in [-0.2, 0) is 29.7 Å². The lowest BCUT2D eigenvalue weighted by atomic mass is 9.71. The molecular weight excluding hydrogens is 644 g/mol. The van der Waals surface area contributed by atoms with Crippen molar-refractivity contribution in [3.63, 3.8) is 0 Å². The quantitative estimate of drug-likeness (QED) is 0.292. The Bertz CT molecular complexity index is 2050. The predicted molar refractivity (Wildman–Crippen MR) is 185 cm³/mol. The molecule has 0 saturated carbocycles. The van der Waals surface area contributed by atoms with Crippen LogP contribution in [0.25, 0.3) is 21.2 Å². The molecule has 3 fully saturated rings. The van der Waals surface area contributed by atoms with Gasteiger partial charge >= 0.3 is 0 Å². The molecule has 0 radical (unpaired) electrons. The highest BCUT2D eigenvalue weighted by atomic mass is 32.1. The Labute approximate surface area is 287 Å². The van der Waals surface area contributed by atoms with Crippen LogP contribution in [0.4, 0.5) is 5.69 Å². The molecule has 4 aromatic rings. The molecule has 4 aliphatic rings. The Balaban J connectivity index is 0.925. The molecule has 1 atom stereocenters. The van der Waals surface area contributed by atoms with E-state index < -0.39 is 6.04 Å². The summed E-state index contributed by atoms with van der Waals surface area (Å²) in [6, 6.07) is 9.51. The molecular formula is C36H38N6O6S. The van der Waals surface area contributed by atoms with Crippen LogP contribution < -0.4 is 25.2 Å². The Morgan fingerprint density at radius 1 is 1.00 bits per heavy atom. The number of imide groups is 1. The van der Waals surface area contributed by atoms with Crippen LogP contribution in [0.15, 0.2) is 47.5 Å². The molecule has 254 valence electrons. The summed E-state index contributed by atoms with van der Waals surface area (Å²) in [5.41, 5.74) is 5.60. The summed E-state index contributed by atoms with van der Waals surface area (Å²) in [6.07, 6.45) is 6.34. The van der Waals surface area contributed by atoms with Gasteiger partial charge < -0.3 is 23.8 Å². The second-order valence-corrected chi connectivity index (χ2v) is 14.6. The number of hydrogen-bond donors (Lipinski definition) is 1. The van der Waals surface area contributed by atoms with Crippen molar-refractivity contribution in [3.8, 4) is 22.6 Å². The van der Waals surface area contributed by atoms with Gasteiger partial charge in [-0.1, -0.05) is 6.07 Å². The van der Waals surface area contributed by atoms with E-state index in [1.54, 1.807) is 36.9 Å². The molecule has 1 N–H and O–H groups in total. The van der Waals surface area contributed by atoms with Gasteiger partial charge in [-0.15, -0.1) is 0 Å². The van der Waals surface area contributed by atoms with E-state index >= 15 is 0 Å². The van der Waals surface area contributed by atoms with Crippen molar-refractivity contribution in [1.82, 2.24) is 24.1 Å². The Kier molecular flexibility index (Phi) is 7.71. The van der Waals surface area contributed by atoms with E-state index in [0.717, 1.165) is 83.8 Å². The minimum absolute atomic E-state index is 0.0602. The maximum absolute atomic E-state index is 13.3. The molecule has 12 nitrogen and oxygen atoms in total. The van der Waals surface area contributed by atoms with Crippen molar-refractivity contribution in [2.24, 2.45) is 12.5 Å². The lowest BCUT2D eigenvalue weighted by Crippen LogP contribution is -2.60. The number of likely N-dealkylation sites (tertiary alicyclic amines) is 1. The molecule has 2 aromatic heterocycles. The molecule has 3 amide bonds. The molecule has 1 spiro atoms. The average molecular weight is 683 g/mol. The maximum Gasteiger partial charge on any atom is 0.269 e. The van der Waals surface area contributed by atoms with Crippen LogP contribution in [0, 0.1) is 5.41 Å². The van der Waals surface area contributed by atoms with Gasteiger partial charge in [0.15, 0.2) is 0 Å². The first-order valence-corrected chi connectivity index (χ1v) is 17.4. The number of aryl methyl sites for hydroxylation is 1. The summed E-state index contributed by atoms with van der Waals surface area (Å²) in [4.78, 5) is 56.4. The topological polar surface area (TPSA) is 126 Å². The molecule has 13 heteroatoms. The zero-order chi connectivity index (χ0) is 34.0. The number of fused-ring (bicyclic) bond motifs is 2. The largest absolute Gasteiger partial charge is 0.496 e. The number of aromatic nitrogens is 2. The number of pyridine rings is 1. The molecule has 0 aliphatic carbocycles. The van der Waals surface area contributed by atoms with Crippen molar-refractivity contribution < 1.29 is 23.9 Å². The zero-order valence-electron chi connectivity index (χ0n) is 27.8. The third-order valence-electron chi connectivity index (χ3n) is 10.8. The molecule has 8 rings (SSSR count). The van der Waals surface area contributed by atoms with Gasteiger partial charge in [-0.2, -0.15) is 4.37 Å². The zero-order valence-corrected chi connectivity index (χ0v) is 28.6. The van der Waals surface area contributed by atoms with Gasteiger partial charge in [0.2, 0.25) is 11.8 Å². The number of ether oxygens (including phenoxy) is 2. The SMILES string of the molecule is COc1cc(-c2cn(C)c(=O)c3sncc23)cc(OC)c1CN1CCC2(CC1)CN(c1ccc3c(c1)C(=O)N(C1CCC(=O)NC1=O)C3)C2. The molecule has 4 aliphatic heterocycles. The lowest BCUT2D eigenvalue weighted by Gasteiger charge is -2.55. The number of nitrogens with one attached hydrogen (secondary N) is 1. The fourth-order valence-corrected chi connectivity index (χ4v) is 8.75. The second-order valence-electron chi connectivity index (χ2n) is 13.8. The second kappa shape index (κ2) is 12.0. The maximum atomic E-state index is 13.3. The smallest absolute Gasteiger partial charge is 0.269 e. The van der Waals surface area contributed by atoms with E-state index in [2.05, 4.69) is 25.6 Å². The summed E-state index contributed by atoms with van der Waals surface area (Å²) in [5, 5.41) is 3.19. The number of anilines is 1. The van der Waals surface area contributed by atoms with Gasteiger partial charge in [0.25, 0.3) is 11.5 Å². The van der Waals surface area contributed by atoms with Crippen LogP contribution in [0.1, 0.15) is 47.2 Å². The van der Waals surface area contributed by atoms with Crippen molar-refractivity contribution in [2.75, 3.05) is 45.3 Å². The minimum atomic E-state index is -0.605. The summed E-state index contributed by atoms with van der Waals surface area (Å²) >= 11 is 1.21. The first-order valence-electron chi connectivity index (χ1n) is 16.6. The van der Waals surface area contributed by atoms with Crippen LogP contribution in [0.5, 0.6) is 11.5 Å².